The molecular formula is C18H31IN6O. The fraction of sp³-hybridized carbons (Fsp3) is 0.611. The highest BCUT2D eigenvalue weighted by molar-refractivity contribution is 14.0. The van der Waals surface area contributed by atoms with Gasteiger partial charge in [-0.3, -0.25) is 14.8 Å². The van der Waals surface area contributed by atoms with Crippen molar-refractivity contribution in [2.24, 2.45) is 4.99 Å². The first-order chi connectivity index (χ1) is 12.1. The number of aliphatic imine (C=N–C) groups is 1. The Morgan fingerprint density at radius 3 is 2.58 bits per heavy atom. The van der Waals surface area contributed by atoms with Gasteiger partial charge in [0, 0.05) is 57.7 Å². The molecule has 0 bridgehead atoms. The number of guanidine groups is 1. The van der Waals surface area contributed by atoms with E-state index in [4.69, 9.17) is 0 Å². The lowest BCUT2D eigenvalue weighted by Gasteiger charge is -2.35. The van der Waals surface area contributed by atoms with E-state index in [1.807, 2.05) is 0 Å². The third-order valence-corrected chi connectivity index (χ3v) is 4.45. The SMILES string of the molecule is CN=C(NCCNC(=O)c1cccnc1)NC1CCN(C(C)C)CC1.I. The zero-order chi connectivity index (χ0) is 18.1. The van der Waals surface area contributed by atoms with Gasteiger partial charge in [0.15, 0.2) is 5.96 Å². The fourth-order valence-corrected chi connectivity index (χ4v) is 2.90. The van der Waals surface area contributed by atoms with Crippen LogP contribution in [0.15, 0.2) is 29.5 Å². The second kappa shape index (κ2) is 12.1. The van der Waals surface area contributed by atoms with Gasteiger partial charge in [0.25, 0.3) is 5.91 Å². The van der Waals surface area contributed by atoms with E-state index in [2.05, 4.69) is 44.7 Å². The first-order valence-electron chi connectivity index (χ1n) is 8.99. The summed E-state index contributed by atoms with van der Waals surface area (Å²) >= 11 is 0. The van der Waals surface area contributed by atoms with Crippen LogP contribution in [0.25, 0.3) is 0 Å². The summed E-state index contributed by atoms with van der Waals surface area (Å²) < 4.78 is 0. The molecule has 26 heavy (non-hydrogen) atoms. The number of carbonyl (C=O) groups excluding carboxylic acids is 1. The van der Waals surface area contributed by atoms with Gasteiger partial charge in [0.05, 0.1) is 5.56 Å². The number of likely N-dealkylation sites (tertiary alicyclic amines) is 1. The van der Waals surface area contributed by atoms with Gasteiger partial charge in [-0.2, -0.15) is 0 Å². The van der Waals surface area contributed by atoms with Gasteiger partial charge < -0.3 is 20.9 Å². The normalized spacial score (nSPS) is 16.1. The first kappa shape index (κ1) is 22.6. The largest absolute Gasteiger partial charge is 0.355 e. The molecule has 2 heterocycles. The summed E-state index contributed by atoms with van der Waals surface area (Å²) in [6.45, 7) is 7.87. The Balaban J connectivity index is 0.00000338. The Morgan fingerprint density at radius 2 is 2.00 bits per heavy atom. The number of nitrogens with one attached hydrogen (secondary N) is 3. The maximum Gasteiger partial charge on any atom is 0.252 e. The molecule has 7 nitrogen and oxygen atoms in total. The van der Waals surface area contributed by atoms with Crippen LogP contribution in [0.1, 0.15) is 37.0 Å². The molecule has 0 atom stereocenters. The number of pyridine rings is 1. The molecule has 8 heteroatoms. The van der Waals surface area contributed by atoms with E-state index in [1.54, 1.807) is 31.6 Å². The zero-order valence-corrected chi connectivity index (χ0v) is 18.2. The number of amides is 1. The van der Waals surface area contributed by atoms with Crippen LogP contribution in [-0.4, -0.2) is 67.1 Å². The average molecular weight is 474 g/mol. The molecule has 1 aromatic heterocycles. The smallest absolute Gasteiger partial charge is 0.252 e. The van der Waals surface area contributed by atoms with Crippen LogP contribution in [0.3, 0.4) is 0 Å². The van der Waals surface area contributed by atoms with Crippen molar-refractivity contribution < 1.29 is 4.79 Å². The van der Waals surface area contributed by atoms with Crippen molar-refractivity contribution in [2.45, 2.75) is 38.8 Å². The second-order valence-electron chi connectivity index (χ2n) is 6.54. The van der Waals surface area contributed by atoms with Gasteiger partial charge in [-0.15, -0.1) is 24.0 Å². The molecule has 1 amide bonds. The average Bonchev–Trinajstić information content (AvgIpc) is 2.65. The number of rotatable bonds is 6. The molecule has 0 radical (unpaired) electrons. The lowest BCUT2D eigenvalue weighted by molar-refractivity contribution is 0.0954. The van der Waals surface area contributed by atoms with Crippen LogP contribution in [0.4, 0.5) is 0 Å². The molecule has 0 aliphatic carbocycles. The second-order valence-corrected chi connectivity index (χ2v) is 6.54. The van der Waals surface area contributed by atoms with Crippen molar-refractivity contribution in [2.75, 3.05) is 33.2 Å². The van der Waals surface area contributed by atoms with Crippen molar-refractivity contribution in [3.8, 4) is 0 Å². The first-order valence-corrected chi connectivity index (χ1v) is 8.99. The molecule has 1 aromatic rings. The quantitative estimate of drug-likeness (QED) is 0.252. The van der Waals surface area contributed by atoms with Gasteiger partial charge in [-0.1, -0.05) is 0 Å². The van der Waals surface area contributed by atoms with E-state index >= 15 is 0 Å². The van der Waals surface area contributed by atoms with Gasteiger partial charge in [-0.25, -0.2) is 0 Å². The van der Waals surface area contributed by atoms with E-state index in [0.717, 1.165) is 31.9 Å². The summed E-state index contributed by atoms with van der Waals surface area (Å²) in [5.41, 5.74) is 0.571. The number of halogens is 1. The van der Waals surface area contributed by atoms with Gasteiger partial charge in [-0.05, 0) is 38.8 Å². The lowest BCUT2D eigenvalue weighted by Crippen LogP contribution is -2.50. The van der Waals surface area contributed by atoms with Crippen LogP contribution in [0.2, 0.25) is 0 Å². The number of piperidine rings is 1. The third-order valence-electron chi connectivity index (χ3n) is 4.45. The summed E-state index contributed by atoms with van der Waals surface area (Å²) in [5.74, 6) is 0.678. The Bertz CT molecular complexity index is 558. The maximum absolute atomic E-state index is 11.9. The highest BCUT2D eigenvalue weighted by Gasteiger charge is 2.21. The number of carbonyl (C=O) groups is 1. The molecule has 3 N–H and O–H groups in total. The van der Waals surface area contributed by atoms with Gasteiger partial charge >= 0.3 is 0 Å². The molecule has 0 saturated carbocycles. The van der Waals surface area contributed by atoms with Crippen LogP contribution in [-0.2, 0) is 0 Å². The topological polar surface area (TPSA) is 81.6 Å². The minimum absolute atomic E-state index is 0. The highest BCUT2D eigenvalue weighted by Crippen LogP contribution is 2.12. The summed E-state index contributed by atoms with van der Waals surface area (Å²) in [6, 6.07) is 4.57. The predicted molar refractivity (Wildman–Crippen MR) is 116 cm³/mol. The summed E-state index contributed by atoms with van der Waals surface area (Å²) in [5, 5.41) is 9.60. The molecule has 1 fully saturated rings. The fourth-order valence-electron chi connectivity index (χ4n) is 2.90. The standard InChI is InChI=1S/C18H30N6O.HI/c1-14(2)24-11-6-16(7-12-24)23-18(19-3)22-10-9-21-17(25)15-5-4-8-20-13-15;/h4-5,8,13-14,16H,6-7,9-12H2,1-3H3,(H,21,25)(H2,19,22,23);1H. The number of aromatic nitrogens is 1. The van der Waals surface area contributed by atoms with Gasteiger partial charge in [0.1, 0.15) is 0 Å². The maximum atomic E-state index is 11.9. The Hall–Kier alpha value is -1.42. The minimum atomic E-state index is -0.112. The minimum Gasteiger partial charge on any atom is -0.355 e. The zero-order valence-electron chi connectivity index (χ0n) is 15.9. The Kier molecular flexibility index (Phi) is 10.5. The van der Waals surface area contributed by atoms with E-state index in [1.165, 1.54) is 0 Å². The molecule has 2 rings (SSSR count). The van der Waals surface area contributed by atoms with Crippen molar-refractivity contribution in [3.05, 3.63) is 30.1 Å². The number of hydrogen-bond acceptors (Lipinski definition) is 4. The molecule has 0 unspecified atom stereocenters. The van der Waals surface area contributed by atoms with E-state index < -0.39 is 0 Å². The van der Waals surface area contributed by atoms with E-state index in [-0.39, 0.29) is 29.9 Å². The monoisotopic (exact) mass is 474 g/mol. The van der Waals surface area contributed by atoms with Crippen LogP contribution < -0.4 is 16.0 Å². The molecule has 0 spiro atoms. The van der Waals surface area contributed by atoms with Gasteiger partial charge in [0.2, 0.25) is 0 Å². The summed E-state index contributed by atoms with van der Waals surface area (Å²) in [6.07, 6.45) is 5.46. The Labute approximate surface area is 173 Å². The molecule has 1 saturated heterocycles. The predicted octanol–water partition coefficient (Wildman–Crippen LogP) is 1.47. The summed E-state index contributed by atoms with van der Waals surface area (Å²) in [7, 11) is 1.77. The van der Waals surface area contributed by atoms with Crippen molar-refractivity contribution >= 4 is 35.8 Å². The molecule has 0 aromatic carbocycles. The third kappa shape index (κ3) is 7.45. The van der Waals surface area contributed by atoms with E-state index in [9.17, 15) is 4.79 Å². The van der Waals surface area contributed by atoms with Crippen molar-refractivity contribution in [3.63, 3.8) is 0 Å². The summed E-state index contributed by atoms with van der Waals surface area (Å²) in [4.78, 5) is 22.7. The molecular weight excluding hydrogens is 443 g/mol. The molecule has 1 aliphatic rings. The number of hydrogen-bond donors (Lipinski definition) is 3. The van der Waals surface area contributed by atoms with Crippen molar-refractivity contribution in [1.82, 2.24) is 25.8 Å². The number of nitrogens with zero attached hydrogens (tertiary/aromatic N) is 3. The van der Waals surface area contributed by atoms with Crippen LogP contribution >= 0.6 is 24.0 Å². The molecule has 146 valence electrons. The highest BCUT2D eigenvalue weighted by atomic mass is 127. The van der Waals surface area contributed by atoms with E-state index in [0.29, 0.717) is 30.7 Å². The Morgan fingerprint density at radius 1 is 1.31 bits per heavy atom. The lowest BCUT2D eigenvalue weighted by atomic mass is 10.0. The molecule has 1 aliphatic heterocycles. The van der Waals surface area contributed by atoms with Crippen molar-refractivity contribution in [1.29, 1.82) is 0 Å². The van der Waals surface area contributed by atoms with Crippen LogP contribution in [0.5, 0.6) is 0 Å². The van der Waals surface area contributed by atoms with Crippen LogP contribution in [0, 0.1) is 0 Å².